The quantitative estimate of drug-likeness (QED) is 0.418. The smallest absolute Gasteiger partial charge is 0.255 e. The third-order valence-electron chi connectivity index (χ3n) is 5.05. The number of amides is 1. The van der Waals surface area contributed by atoms with Crippen LogP contribution in [0, 0.1) is 11.6 Å². The van der Waals surface area contributed by atoms with E-state index in [2.05, 4.69) is 15.8 Å². The number of carbonyl (C=O) groups is 1. The molecule has 35 heavy (non-hydrogen) atoms. The minimum atomic E-state index is -0.987. The summed E-state index contributed by atoms with van der Waals surface area (Å²) in [4.78, 5) is 22.2. The van der Waals surface area contributed by atoms with E-state index in [4.69, 9.17) is 37.5 Å². The van der Waals surface area contributed by atoms with Crippen molar-refractivity contribution in [2.45, 2.75) is 12.5 Å². The molecule has 4 rings (SSSR count). The van der Waals surface area contributed by atoms with Gasteiger partial charge in [-0.2, -0.15) is 0 Å². The van der Waals surface area contributed by atoms with Crippen molar-refractivity contribution in [3.63, 3.8) is 0 Å². The van der Waals surface area contributed by atoms with Gasteiger partial charge < -0.3 is 14.8 Å². The highest BCUT2D eigenvalue weighted by Gasteiger charge is 2.32. The van der Waals surface area contributed by atoms with Crippen molar-refractivity contribution in [1.82, 2.24) is 10.5 Å². The Kier molecular flexibility index (Phi) is 7.11. The SMILES string of the molecule is COc1ccc(C(=O)Nc2c(Cl)cncc2Cl)cc1OCC1(C)C=C(c2cc(F)cc(F)c2)NO1. The first-order valence-corrected chi connectivity index (χ1v) is 11.0. The monoisotopic (exact) mass is 521 g/mol. The van der Waals surface area contributed by atoms with Crippen LogP contribution in [-0.2, 0) is 4.84 Å². The number of hydroxylamine groups is 1. The number of halogens is 4. The first-order chi connectivity index (χ1) is 16.7. The average Bonchev–Trinajstić information content (AvgIpc) is 3.22. The predicted molar refractivity (Wildman–Crippen MR) is 128 cm³/mol. The summed E-state index contributed by atoms with van der Waals surface area (Å²) in [5.74, 6) is -1.24. The van der Waals surface area contributed by atoms with Gasteiger partial charge in [0.1, 0.15) is 23.8 Å². The summed E-state index contributed by atoms with van der Waals surface area (Å²) < 4.78 is 38.4. The van der Waals surface area contributed by atoms with Crippen molar-refractivity contribution in [3.8, 4) is 11.5 Å². The van der Waals surface area contributed by atoms with Gasteiger partial charge in [-0.15, -0.1) is 0 Å². The Morgan fingerprint density at radius 2 is 1.80 bits per heavy atom. The molecule has 11 heteroatoms. The van der Waals surface area contributed by atoms with E-state index in [1.807, 2.05) is 0 Å². The first-order valence-electron chi connectivity index (χ1n) is 10.2. The van der Waals surface area contributed by atoms with Crippen LogP contribution in [0.25, 0.3) is 5.70 Å². The molecule has 0 saturated heterocycles. The van der Waals surface area contributed by atoms with E-state index < -0.39 is 23.1 Å². The number of rotatable bonds is 7. The lowest BCUT2D eigenvalue weighted by molar-refractivity contribution is -0.0476. The van der Waals surface area contributed by atoms with E-state index in [-0.39, 0.29) is 39.2 Å². The lowest BCUT2D eigenvalue weighted by atomic mass is 10.0. The standard InChI is InChI=1S/C24H19Cl2F2N3O4/c1-24(9-19(31-35-24)14-5-15(27)8-16(28)6-14)12-34-21-7-13(3-4-20(21)33-2)23(32)30-22-17(25)10-29-11-18(22)26/h3-11,31H,12H2,1-2H3,(H,29,30,32). The van der Waals surface area contributed by atoms with Gasteiger partial charge in [0.05, 0.1) is 28.5 Å². The molecular weight excluding hydrogens is 503 g/mol. The Hall–Kier alpha value is -3.40. The molecule has 0 aliphatic carbocycles. The second-order valence-electron chi connectivity index (χ2n) is 7.82. The van der Waals surface area contributed by atoms with Crippen LogP contribution in [0.5, 0.6) is 11.5 Å². The number of nitrogens with zero attached hydrogens (tertiary/aromatic N) is 1. The lowest BCUT2D eigenvalue weighted by Gasteiger charge is -2.21. The molecule has 3 aromatic rings. The van der Waals surface area contributed by atoms with Crippen LogP contribution in [0.1, 0.15) is 22.8 Å². The molecule has 182 valence electrons. The van der Waals surface area contributed by atoms with Gasteiger partial charge in [-0.25, -0.2) is 8.78 Å². The van der Waals surface area contributed by atoms with Crippen molar-refractivity contribution < 1.29 is 27.9 Å². The number of benzene rings is 2. The Balaban J connectivity index is 1.51. The van der Waals surface area contributed by atoms with E-state index in [1.165, 1.54) is 37.7 Å². The Morgan fingerprint density at radius 1 is 1.11 bits per heavy atom. The molecule has 1 aliphatic heterocycles. The summed E-state index contributed by atoms with van der Waals surface area (Å²) in [5.41, 5.74) is 2.85. The summed E-state index contributed by atoms with van der Waals surface area (Å²) in [5, 5.41) is 3.03. The summed E-state index contributed by atoms with van der Waals surface area (Å²) in [6.45, 7) is 1.71. The molecule has 2 heterocycles. The molecule has 0 radical (unpaired) electrons. The fourth-order valence-corrected chi connectivity index (χ4v) is 3.79. The van der Waals surface area contributed by atoms with Gasteiger partial charge in [0.2, 0.25) is 0 Å². The van der Waals surface area contributed by atoms with Gasteiger partial charge in [0.25, 0.3) is 5.91 Å². The summed E-state index contributed by atoms with van der Waals surface area (Å²) in [6.07, 6.45) is 4.38. The van der Waals surface area contributed by atoms with Crippen LogP contribution < -0.4 is 20.3 Å². The number of pyridine rings is 1. The molecular formula is C24H19Cl2F2N3O4. The average molecular weight is 522 g/mol. The number of hydrogen-bond donors (Lipinski definition) is 2. The van der Waals surface area contributed by atoms with Crippen molar-refractivity contribution in [3.05, 3.63) is 87.7 Å². The second-order valence-corrected chi connectivity index (χ2v) is 8.63. The van der Waals surface area contributed by atoms with Crippen molar-refractivity contribution in [2.75, 3.05) is 19.0 Å². The topological polar surface area (TPSA) is 81.7 Å². The second kappa shape index (κ2) is 10.1. The lowest BCUT2D eigenvalue weighted by Crippen LogP contribution is -2.33. The minimum Gasteiger partial charge on any atom is -0.493 e. The van der Waals surface area contributed by atoms with Gasteiger partial charge in [-0.05, 0) is 43.3 Å². The summed E-state index contributed by atoms with van der Waals surface area (Å²) in [7, 11) is 1.46. The molecule has 1 aromatic heterocycles. The maximum atomic E-state index is 13.6. The Morgan fingerprint density at radius 3 is 2.46 bits per heavy atom. The molecule has 0 spiro atoms. The summed E-state index contributed by atoms with van der Waals surface area (Å²) in [6, 6.07) is 7.78. The highest BCUT2D eigenvalue weighted by Crippen LogP contribution is 2.33. The van der Waals surface area contributed by atoms with Crippen LogP contribution in [0.2, 0.25) is 10.0 Å². The van der Waals surface area contributed by atoms with Crippen LogP contribution in [0.15, 0.2) is 54.9 Å². The largest absolute Gasteiger partial charge is 0.493 e. The van der Waals surface area contributed by atoms with E-state index in [0.29, 0.717) is 11.4 Å². The zero-order valence-electron chi connectivity index (χ0n) is 18.5. The first kappa shape index (κ1) is 24.7. The van der Waals surface area contributed by atoms with Crippen LogP contribution >= 0.6 is 23.2 Å². The number of nitrogens with one attached hydrogen (secondary N) is 2. The molecule has 1 atom stereocenters. The number of aromatic nitrogens is 1. The number of hydrogen-bond acceptors (Lipinski definition) is 6. The van der Waals surface area contributed by atoms with Gasteiger partial charge >= 0.3 is 0 Å². The zero-order chi connectivity index (χ0) is 25.2. The number of methoxy groups -OCH3 is 1. The molecule has 1 aliphatic rings. The Labute approximate surface area is 209 Å². The van der Waals surface area contributed by atoms with Crippen molar-refractivity contribution in [2.24, 2.45) is 0 Å². The van der Waals surface area contributed by atoms with E-state index in [9.17, 15) is 13.6 Å². The fourth-order valence-electron chi connectivity index (χ4n) is 3.33. The molecule has 0 bridgehead atoms. The third-order valence-corrected chi connectivity index (χ3v) is 5.62. The van der Waals surface area contributed by atoms with Crippen LogP contribution in [0.4, 0.5) is 14.5 Å². The van der Waals surface area contributed by atoms with Gasteiger partial charge in [-0.1, -0.05) is 23.2 Å². The third kappa shape index (κ3) is 5.64. The maximum absolute atomic E-state index is 13.6. The van der Waals surface area contributed by atoms with Crippen molar-refractivity contribution in [1.29, 1.82) is 0 Å². The van der Waals surface area contributed by atoms with Crippen LogP contribution in [-0.4, -0.2) is 30.2 Å². The Bertz CT molecular complexity index is 1280. The number of anilines is 1. The van der Waals surface area contributed by atoms with Gasteiger partial charge in [0.15, 0.2) is 11.5 Å². The minimum absolute atomic E-state index is 0.00919. The molecule has 1 unspecified atom stereocenters. The maximum Gasteiger partial charge on any atom is 0.255 e. The van der Waals surface area contributed by atoms with Gasteiger partial charge in [0, 0.05) is 29.6 Å². The number of carbonyl (C=O) groups excluding carboxylic acids is 1. The molecule has 2 N–H and O–H groups in total. The van der Waals surface area contributed by atoms with E-state index >= 15 is 0 Å². The molecule has 0 fully saturated rings. The van der Waals surface area contributed by atoms with Crippen molar-refractivity contribution >= 4 is 40.5 Å². The van der Waals surface area contributed by atoms with Crippen LogP contribution in [0.3, 0.4) is 0 Å². The molecule has 0 saturated carbocycles. The summed E-state index contributed by atoms with van der Waals surface area (Å²) >= 11 is 12.2. The highest BCUT2D eigenvalue weighted by molar-refractivity contribution is 6.39. The van der Waals surface area contributed by atoms with Gasteiger partial charge in [-0.3, -0.25) is 20.1 Å². The molecule has 7 nitrogen and oxygen atoms in total. The normalized spacial score (nSPS) is 16.9. The number of ether oxygens (including phenoxy) is 2. The van der Waals surface area contributed by atoms with E-state index in [0.717, 1.165) is 6.07 Å². The van der Waals surface area contributed by atoms with E-state index in [1.54, 1.807) is 25.1 Å². The molecule has 1 amide bonds. The fraction of sp³-hybridized carbons (Fsp3) is 0.167. The molecule has 2 aromatic carbocycles. The zero-order valence-corrected chi connectivity index (χ0v) is 20.0. The highest BCUT2D eigenvalue weighted by atomic mass is 35.5. The predicted octanol–water partition coefficient (Wildman–Crippen LogP) is 5.64.